The Balaban J connectivity index is 2.12. The van der Waals surface area contributed by atoms with E-state index in [1.165, 1.54) is 5.56 Å². The topological polar surface area (TPSA) is 30.9 Å². The number of benzene rings is 2. The van der Waals surface area contributed by atoms with Crippen LogP contribution in [0, 0.1) is 0 Å². The van der Waals surface area contributed by atoms with E-state index >= 15 is 0 Å². The van der Waals surface area contributed by atoms with E-state index < -0.39 is 0 Å². The zero-order valence-electron chi connectivity index (χ0n) is 13.9. The lowest BCUT2D eigenvalue weighted by atomic mass is 9.93. The van der Waals surface area contributed by atoms with Crippen LogP contribution in [0.4, 0.5) is 0 Å². The minimum Gasteiger partial charge on any atom is -0.493 e. The molecule has 23 heavy (non-hydrogen) atoms. The van der Waals surface area contributed by atoms with Crippen LogP contribution in [0.1, 0.15) is 29.2 Å². The molecule has 1 aliphatic rings. The van der Waals surface area contributed by atoms with Crippen LogP contribution < -0.4 is 9.47 Å². The summed E-state index contributed by atoms with van der Waals surface area (Å²) in [5.41, 5.74) is 3.53. The minimum absolute atomic E-state index is 0.142. The van der Waals surface area contributed by atoms with E-state index in [0.717, 1.165) is 42.0 Å². The average Bonchev–Trinajstić information content (AvgIpc) is 2.58. The van der Waals surface area contributed by atoms with E-state index in [2.05, 4.69) is 18.2 Å². The van der Waals surface area contributed by atoms with Gasteiger partial charge in [-0.3, -0.25) is 4.84 Å². The summed E-state index contributed by atoms with van der Waals surface area (Å²) in [6, 6.07) is 14.4. The zero-order valence-corrected chi connectivity index (χ0v) is 13.9. The second-order valence-electron chi connectivity index (χ2n) is 5.76. The van der Waals surface area contributed by atoms with Crippen molar-refractivity contribution in [3.63, 3.8) is 0 Å². The van der Waals surface area contributed by atoms with Crippen LogP contribution in [0.5, 0.6) is 11.5 Å². The molecule has 1 atom stereocenters. The Morgan fingerprint density at radius 3 is 2.43 bits per heavy atom. The Kier molecular flexibility index (Phi) is 4.84. The van der Waals surface area contributed by atoms with Gasteiger partial charge < -0.3 is 9.47 Å². The van der Waals surface area contributed by atoms with Gasteiger partial charge in [0.05, 0.1) is 14.2 Å². The molecule has 1 unspecified atom stereocenters. The van der Waals surface area contributed by atoms with Crippen molar-refractivity contribution in [2.45, 2.75) is 18.9 Å². The predicted octanol–water partition coefficient (Wildman–Crippen LogP) is 3.60. The fourth-order valence-corrected chi connectivity index (χ4v) is 3.05. The molecule has 0 fully saturated rings. The Hall–Kier alpha value is -2.04. The van der Waals surface area contributed by atoms with Crippen LogP contribution in [0.2, 0.25) is 0 Å². The molecule has 0 spiro atoms. The third-order valence-corrected chi connectivity index (χ3v) is 4.23. The third-order valence-electron chi connectivity index (χ3n) is 4.23. The van der Waals surface area contributed by atoms with E-state index in [4.69, 9.17) is 14.3 Å². The maximum absolute atomic E-state index is 6.21. The summed E-state index contributed by atoms with van der Waals surface area (Å²) >= 11 is 0. The first-order valence-electron chi connectivity index (χ1n) is 7.90. The van der Waals surface area contributed by atoms with Crippen molar-refractivity contribution in [3.8, 4) is 11.5 Å². The van der Waals surface area contributed by atoms with Crippen LogP contribution in [0.15, 0.2) is 42.5 Å². The Morgan fingerprint density at radius 1 is 1.04 bits per heavy atom. The molecule has 122 valence electrons. The van der Waals surface area contributed by atoms with E-state index in [0.29, 0.717) is 0 Å². The molecule has 4 heteroatoms. The quantitative estimate of drug-likeness (QED) is 0.866. The summed E-state index contributed by atoms with van der Waals surface area (Å²) < 4.78 is 11.0. The SMILES string of the molecule is COc1cc2c(cc1OC)C(c1ccccc1)ON(C)CCC2. The summed E-state index contributed by atoms with van der Waals surface area (Å²) in [5, 5.41) is 1.93. The third kappa shape index (κ3) is 3.33. The highest BCUT2D eigenvalue weighted by Gasteiger charge is 2.25. The van der Waals surface area contributed by atoms with Gasteiger partial charge >= 0.3 is 0 Å². The molecule has 3 rings (SSSR count). The lowest BCUT2D eigenvalue weighted by Gasteiger charge is -2.30. The van der Waals surface area contributed by atoms with Gasteiger partial charge in [-0.05, 0) is 41.7 Å². The molecule has 0 saturated carbocycles. The van der Waals surface area contributed by atoms with E-state index in [1.807, 2.05) is 36.4 Å². The van der Waals surface area contributed by atoms with Gasteiger partial charge in [0, 0.05) is 13.6 Å². The fourth-order valence-electron chi connectivity index (χ4n) is 3.05. The number of hydrogen-bond acceptors (Lipinski definition) is 4. The molecule has 2 aromatic rings. The lowest BCUT2D eigenvalue weighted by molar-refractivity contribution is -0.173. The van der Waals surface area contributed by atoms with Gasteiger partial charge in [-0.25, -0.2) is 0 Å². The Morgan fingerprint density at radius 2 is 1.74 bits per heavy atom. The highest BCUT2D eigenvalue weighted by atomic mass is 16.7. The number of hydrogen-bond donors (Lipinski definition) is 0. The van der Waals surface area contributed by atoms with Gasteiger partial charge in [-0.2, -0.15) is 5.06 Å². The van der Waals surface area contributed by atoms with E-state index in [1.54, 1.807) is 14.2 Å². The van der Waals surface area contributed by atoms with Gasteiger partial charge in [0.25, 0.3) is 0 Å². The molecule has 0 saturated heterocycles. The van der Waals surface area contributed by atoms with Gasteiger partial charge in [0.15, 0.2) is 11.5 Å². The maximum Gasteiger partial charge on any atom is 0.161 e. The van der Waals surface area contributed by atoms with Crippen molar-refractivity contribution in [1.29, 1.82) is 0 Å². The van der Waals surface area contributed by atoms with E-state index in [-0.39, 0.29) is 6.10 Å². The summed E-state index contributed by atoms with van der Waals surface area (Å²) in [6.45, 7) is 0.900. The Labute approximate surface area is 137 Å². The van der Waals surface area contributed by atoms with Crippen LogP contribution in [0.3, 0.4) is 0 Å². The maximum atomic E-state index is 6.21. The summed E-state index contributed by atoms with van der Waals surface area (Å²) in [6.07, 6.45) is 1.89. The highest BCUT2D eigenvalue weighted by molar-refractivity contribution is 5.50. The minimum atomic E-state index is -0.142. The summed E-state index contributed by atoms with van der Waals surface area (Å²) in [7, 11) is 5.32. The van der Waals surface area contributed by atoms with Gasteiger partial charge in [-0.15, -0.1) is 0 Å². The van der Waals surface area contributed by atoms with Gasteiger partial charge in [-0.1, -0.05) is 30.3 Å². The molecule has 1 aliphatic heterocycles. The second kappa shape index (κ2) is 7.02. The smallest absolute Gasteiger partial charge is 0.161 e. The molecule has 2 aromatic carbocycles. The number of nitrogens with zero attached hydrogens (tertiary/aromatic N) is 1. The summed E-state index contributed by atoms with van der Waals surface area (Å²) in [5.74, 6) is 1.51. The monoisotopic (exact) mass is 313 g/mol. The first-order valence-corrected chi connectivity index (χ1v) is 7.90. The molecule has 0 aliphatic carbocycles. The van der Waals surface area contributed by atoms with Crippen molar-refractivity contribution in [1.82, 2.24) is 5.06 Å². The zero-order chi connectivity index (χ0) is 16.2. The first-order chi connectivity index (χ1) is 11.2. The van der Waals surface area contributed by atoms with Crippen LogP contribution in [-0.4, -0.2) is 32.9 Å². The molecule has 0 N–H and O–H groups in total. The number of rotatable bonds is 3. The summed E-state index contributed by atoms with van der Waals surface area (Å²) in [4.78, 5) is 6.21. The van der Waals surface area contributed by atoms with Gasteiger partial charge in [0.1, 0.15) is 6.10 Å². The van der Waals surface area contributed by atoms with Crippen LogP contribution in [-0.2, 0) is 11.3 Å². The number of methoxy groups -OCH3 is 2. The van der Waals surface area contributed by atoms with E-state index in [9.17, 15) is 0 Å². The number of fused-ring (bicyclic) bond motifs is 1. The second-order valence-corrected chi connectivity index (χ2v) is 5.76. The number of hydroxylamine groups is 2. The molecule has 1 heterocycles. The number of ether oxygens (including phenoxy) is 2. The Bertz CT molecular complexity index is 657. The fraction of sp³-hybridized carbons (Fsp3) is 0.368. The van der Waals surface area contributed by atoms with Crippen molar-refractivity contribution >= 4 is 0 Å². The highest BCUT2D eigenvalue weighted by Crippen LogP contribution is 2.38. The van der Waals surface area contributed by atoms with Crippen molar-refractivity contribution < 1.29 is 14.3 Å². The molecule has 4 nitrogen and oxygen atoms in total. The standard InChI is InChI=1S/C19H23NO3/c1-20-11-7-10-15-12-17(21-2)18(22-3)13-16(15)19(23-20)14-8-5-4-6-9-14/h4-6,8-9,12-13,19H,7,10-11H2,1-3H3. The number of aryl methyl sites for hydroxylation is 1. The van der Waals surface area contributed by atoms with Crippen LogP contribution >= 0.6 is 0 Å². The first kappa shape index (κ1) is 15.8. The van der Waals surface area contributed by atoms with Crippen LogP contribution in [0.25, 0.3) is 0 Å². The van der Waals surface area contributed by atoms with Crippen molar-refractivity contribution in [2.24, 2.45) is 0 Å². The molecule has 0 amide bonds. The molecular weight excluding hydrogens is 290 g/mol. The molecule has 0 bridgehead atoms. The normalized spacial score (nSPS) is 18.7. The molecule has 0 radical (unpaired) electrons. The molecule has 0 aromatic heterocycles. The lowest BCUT2D eigenvalue weighted by Crippen LogP contribution is -2.27. The average molecular weight is 313 g/mol. The molecular formula is C19H23NO3. The largest absolute Gasteiger partial charge is 0.493 e. The van der Waals surface area contributed by atoms with Crippen molar-refractivity contribution in [2.75, 3.05) is 27.8 Å². The predicted molar refractivity (Wildman–Crippen MR) is 89.9 cm³/mol. The van der Waals surface area contributed by atoms with Gasteiger partial charge in [0.2, 0.25) is 0 Å². The van der Waals surface area contributed by atoms with Crippen molar-refractivity contribution in [3.05, 3.63) is 59.2 Å².